The molecule has 1 rings (SSSR count). The van der Waals surface area contributed by atoms with Gasteiger partial charge in [0.1, 0.15) is 0 Å². The Balaban J connectivity index is 2.35. The van der Waals surface area contributed by atoms with E-state index in [-0.39, 0.29) is 6.10 Å². The predicted molar refractivity (Wildman–Crippen MR) is 63.9 cm³/mol. The second-order valence-electron chi connectivity index (χ2n) is 2.82. The lowest BCUT2D eigenvalue weighted by Gasteiger charge is -2.07. The first kappa shape index (κ1) is 10.7. The van der Waals surface area contributed by atoms with Crippen LogP contribution in [0.5, 0.6) is 0 Å². The highest BCUT2D eigenvalue weighted by atomic mass is 127. The first-order valence-electron chi connectivity index (χ1n) is 4.25. The maximum Gasteiger partial charge on any atom is 0.0739 e. The van der Waals surface area contributed by atoms with Crippen molar-refractivity contribution in [2.45, 2.75) is 19.6 Å². The molecule has 1 aromatic rings. The molecule has 0 saturated heterocycles. The van der Waals surface area contributed by atoms with Crippen molar-refractivity contribution in [1.82, 2.24) is 0 Å². The van der Waals surface area contributed by atoms with Crippen LogP contribution in [0.25, 0.3) is 0 Å². The fourth-order valence-electron chi connectivity index (χ4n) is 0.960. The summed E-state index contributed by atoms with van der Waals surface area (Å²) in [4.78, 5) is 0. The van der Waals surface area contributed by atoms with Gasteiger partial charge in [-0.2, -0.15) is 0 Å². The Morgan fingerprint density at radius 2 is 2.08 bits per heavy atom. The number of rotatable bonds is 4. The van der Waals surface area contributed by atoms with E-state index in [1.54, 1.807) is 0 Å². The van der Waals surface area contributed by atoms with Gasteiger partial charge in [0.15, 0.2) is 0 Å². The lowest BCUT2D eigenvalue weighted by molar-refractivity contribution is 0.0842. The summed E-state index contributed by atoms with van der Waals surface area (Å²) in [6.45, 7) is 2.72. The van der Waals surface area contributed by atoms with Crippen LogP contribution in [-0.4, -0.2) is 6.10 Å². The Morgan fingerprint density at radius 1 is 1.38 bits per heavy atom. The van der Waals surface area contributed by atoms with Gasteiger partial charge in [0.05, 0.1) is 12.7 Å². The highest BCUT2D eigenvalue weighted by molar-refractivity contribution is 14.1. The van der Waals surface area contributed by atoms with E-state index in [1.165, 1.54) is 5.56 Å². The Kier molecular flexibility index (Phi) is 5.08. The van der Waals surface area contributed by atoms with Gasteiger partial charge in [0.2, 0.25) is 0 Å². The van der Waals surface area contributed by atoms with Crippen LogP contribution >= 0.6 is 22.6 Å². The first-order valence-corrected chi connectivity index (χ1v) is 5.50. The zero-order valence-corrected chi connectivity index (χ0v) is 9.77. The van der Waals surface area contributed by atoms with Crippen LogP contribution in [0.2, 0.25) is 0 Å². The van der Waals surface area contributed by atoms with Gasteiger partial charge < -0.3 is 4.74 Å². The molecule has 0 aliphatic carbocycles. The molecule has 0 bridgehead atoms. The Bertz CT molecular complexity index is 256. The molecular formula is C11H13IO. The minimum absolute atomic E-state index is 0.192. The Labute approximate surface area is 92.9 Å². The average molecular weight is 288 g/mol. The lowest BCUT2D eigenvalue weighted by Crippen LogP contribution is -2.03. The van der Waals surface area contributed by atoms with Crippen LogP contribution < -0.4 is 0 Å². The van der Waals surface area contributed by atoms with Crippen molar-refractivity contribution in [1.29, 1.82) is 0 Å². The monoisotopic (exact) mass is 288 g/mol. The summed E-state index contributed by atoms with van der Waals surface area (Å²) in [5, 5.41) is 0. The van der Waals surface area contributed by atoms with Crippen LogP contribution in [0.3, 0.4) is 0 Å². The standard InChI is InChI=1S/C11H13IO/c1-10(7-8-12)13-9-11-5-3-2-4-6-11/h2-8,10H,9H2,1H3/b8-7-/t10-/m0/s1. The zero-order valence-electron chi connectivity index (χ0n) is 7.61. The molecule has 70 valence electrons. The molecule has 0 amide bonds. The van der Waals surface area contributed by atoms with E-state index in [4.69, 9.17) is 4.74 Å². The van der Waals surface area contributed by atoms with Crippen LogP contribution in [0.1, 0.15) is 12.5 Å². The summed E-state index contributed by atoms with van der Waals surface area (Å²) in [7, 11) is 0. The Morgan fingerprint density at radius 3 is 2.69 bits per heavy atom. The SMILES string of the molecule is C[C@@H](/C=C\I)OCc1ccccc1. The van der Waals surface area contributed by atoms with Crippen molar-refractivity contribution in [3.8, 4) is 0 Å². The molecule has 13 heavy (non-hydrogen) atoms. The van der Waals surface area contributed by atoms with E-state index < -0.39 is 0 Å². The quantitative estimate of drug-likeness (QED) is 0.770. The lowest BCUT2D eigenvalue weighted by atomic mass is 10.2. The number of hydrogen-bond donors (Lipinski definition) is 0. The normalized spacial score (nSPS) is 13.4. The van der Waals surface area contributed by atoms with Crippen molar-refractivity contribution in [2.24, 2.45) is 0 Å². The van der Waals surface area contributed by atoms with Gasteiger partial charge in [-0.15, -0.1) is 0 Å². The maximum absolute atomic E-state index is 5.58. The number of ether oxygens (including phenoxy) is 1. The minimum atomic E-state index is 0.192. The maximum atomic E-state index is 5.58. The van der Waals surface area contributed by atoms with Crippen LogP contribution in [0.4, 0.5) is 0 Å². The van der Waals surface area contributed by atoms with Gasteiger partial charge in [-0.05, 0) is 16.6 Å². The molecule has 0 aliphatic rings. The minimum Gasteiger partial charge on any atom is -0.370 e. The summed E-state index contributed by atoms with van der Waals surface area (Å²) in [5.41, 5.74) is 1.22. The third-order valence-corrected chi connectivity index (χ3v) is 2.11. The molecule has 1 nitrogen and oxygen atoms in total. The van der Waals surface area contributed by atoms with Gasteiger partial charge in [0.25, 0.3) is 0 Å². The highest BCUT2D eigenvalue weighted by Crippen LogP contribution is 2.04. The summed E-state index contributed by atoms with van der Waals surface area (Å²) >= 11 is 2.20. The van der Waals surface area contributed by atoms with Gasteiger partial charge in [-0.3, -0.25) is 0 Å². The van der Waals surface area contributed by atoms with Crippen molar-refractivity contribution < 1.29 is 4.74 Å². The second kappa shape index (κ2) is 6.16. The van der Waals surface area contributed by atoms with Crippen LogP contribution in [-0.2, 0) is 11.3 Å². The van der Waals surface area contributed by atoms with E-state index in [2.05, 4.69) is 34.7 Å². The highest BCUT2D eigenvalue weighted by Gasteiger charge is 1.96. The van der Waals surface area contributed by atoms with E-state index in [1.807, 2.05) is 35.3 Å². The van der Waals surface area contributed by atoms with Crippen molar-refractivity contribution in [2.75, 3.05) is 0 Å². The van der Waals surface area contributed by atoms with E-state index in [0.29, 0.717) is 6.61 Å². The largest absolute Gasteiger partial charge is 0.370 e. The molecule has 0 saturated carbocycles. The second-order valence-corrected chi connectivity index (χ2v) is 3.54. The molecule has 0 N–H and O–H groups in total. The fraction of sp³-hybridized carbons (Fsp3) is 0.273. The number of halogens is 1. The molecule has 0 unspecified atom stereocenters. The van der Waals surface area contributed by atoms with Crippen molar-refractivity contribution in [3.05, 3.63) is 46.1 Å². The van der Waals surface area contributed by atoms with Gasteiger partial charge in [0, 0.05) is 0 Å². The molecule has 0 aliphatic heterocycles. The number of hydrogen-bond acceptors (Lipinski definition) is 1. The molecule has 0 fully saturated rings. The van der Waals surface area contributed by atoms with Gasteiger partial charge in [-0.1, -0.05) is 59.0 Å². The average Bonchev–Trinajstić information content (AvgIpc) is 2.17. The van der Waals surface area contributed by atoms with E-state index in [0.717, 1.165) is 0 Å². The molecule has 0 radical (unpaired) electrons. The Hall–Kier alpha value is -0.350. The van der Waals surface area contributed by atoms with E-state index >= 15 is 0 Å². The number of benzene rings is 1. The summed E-state index contributed by atoms with van der Waals surface area (Å²) < 4.78 is 7.56. The molecule has 0 heterocycles. The molecule has 0 aromatic heterocycles. The molecule has 2 heteroatoms. The van der Waals surface area contributed by atoms with Crippen LogP contribution in [0, 0.1) is 0 Å². The topological polar surface area (TPSA) is 9.23 Å². The van der Waals surface area contributed by atoms with Gasteiger partial charge >= 0.3 is 0 Å². The smallest absolute Gasteiger partial charge is 0.0739 e. The third kappa shape index (κ3) is 4.43. The predicted octanol–water partition coefficient (Wildman–Crippen LogP) is 3.54. The van der Waals surface area contributed by atoms with Crippen LogP contribution in [0.15, 0.2) is 40.5 Å². The third-order valence-electron chi connectivity index (χ3n) is 1.70. The molecular weight excluding hydrogens is 275 g/mol. The zero-order chi connectivity index (χ0) is 9.52. The summed E-state index contributed by atoms with van der Waals surface area (Å²) in [6.07, 6.45) is 2.22. The summed E-state index contributed by atoms with van der Waals surface area (Å²) in [5.74, 6) is 0. The molecule has 0 spiro atoms. The molecule has 1 atom stereocenters. The van der Waals surface area contributed by atoms with Crippen molar-refractivity contribution >= 4 is 22.6 Å². The van der Waals surface area contributed by atoms with E-state index in [9.17, 15) is 0 Å². The summed E-state index contributed by atoms with van der Waals surface area (Å²) in [6, 6.07) is 10.2. The van der Waals surface area contributed by atoms with Gasteiger partial charge in [-0.25, -0.2) is 0 Å². The molecule has 1 aromatic carbocycles. The first-order chi connectivity index (χ1) is 6.33. The van der Waals surface area contributed by atoms with Crippen molar-refractivity contribution in [3.63, 3.8) is 0 Å². The fourth-order valence-corrected chi connectivity index (χ4v) is 1.54.